The summed E-state index contributed by atoms with van der Waals surface area (Å²) in [5.74, 6) is -2.50. The summed E-state index contributed by atoms with van der Waals surface area (Å²) in [6.45, 7) is 5.11. The molecule has 0 aromatic heterocycles. The Hall–Kier alpha value is -1.53. The summed E-state index contributed by atoms with van der Waals surface area (Å²) in [5.41, 5.74) is -0.668. The molecule has 0 N–H and O–H groups in total. The average molecular weight is 293 g/mol. The highest BCUT2D eigenvalue weighted by Gasteiger charge is 2.45. The van der Waals surface area contributed by atoms with Crippen molar-refractivity contribution in [1.29, 1.82) is 0 Å². The highest BCUT2D eigenvalue weighted by molar-refractivity contribution is 5.84. The molecule has 20 heavy (non-hydrogen) atoms. The van der Waals surface area contributed by atoms with Crippen LogP contribution in [-0.4, -0.2) is 41.1 Å². The van der Waals surface area contributed by atoms with Gasteiger partial charge in [0.05, 0.1) is 6.04 Å². The van der Waals surface area contributed by atoms with Gasteiger partial charge in [-0.05, 0) is 33.6 Å². The number of nitrogens with zero attached hydrogens (tertiary/aromatic N) is 1. The minimum Gasteiger partial charge on any atom is -0.457 e. The van der Waals surface area contributed by atoms with Crippen LogP contribution in [0.2, 0.25) is 0 Å². The molecule has 0 spiro atoms. The fraction of sp³-hybridized carbons (Fsp3) is 0.692. The molecule has 1 saturated heterocycles. The van der Waals surface area contributed by atoms with E-state index < -0.39 is 29.7 Å². The Morgan fingerprint density at radius 1 is 1.25 bits per heavy atom. The molecule has 1 rings (SSSR count). The average Bonchev–Trinajstić information content (AvgIpc) is 2.69. The summed E-state index contributed by atoms with van der Waals surface area (Å²) >= 11 is 0. The number of likely N-dealkylation sites (tertiary alicyclic amines) is 1. The van der Waals surface area contributed by atoms with E-state index in [1.54, 1.807) is 20.8 Å². The zero-order valence-corrected chi connectivity index (χ0v) is 11.7. The Kier molecular flexibility index (Phi) is 4.83. The Bertz CT molecular complexity index is 410. The van der Waals surface area contributed by atoms with Crippen LogP contribution in [0.1, 0.15) is 33.6 Å². The van der Waals surface area contributed by atoms with Gasteiger partial charge < -0.3 is 9.64 Å². The van der Waals surface area contributed by atoms with Gasteiger partial charge in [0.2, 0.25) is 0 Å². The molecule has 4 nitrogen and oxygen atoms in total. The van der Waals surface area contributed by atoms with Crippen LogP contribution in [0.3, 0.4) is 0 Å². The highest BCUT2D eigenvalue weighted by atomic mass is 19.4. The first-order valence-electron chi connectivity index (χ1n) is 6.30. The van der Waals surface area contributed by atoms with Crippen molar-refractivity contribution in [2.45, 2.75) is 51.4 Å². The zero-order chi connectivity index (χ0) is 15.6. The predicted octanol–water partition coefficient (Wildman–Crippen LogP) is 2.44. The molecule has 0 unspecified atom stereocenters. The summed E-state index contributed by atoms with van der Waals surface area (Å²) in [6.07, 6.45) is -1.63. The van der Waals surface area contributed by atoms with Crippen LogP contribution in [0.4, 0.5) is 13.2 Å². The Balaban J connectivity index is 2.67. The monoisotopic (exact) mass is 293 g/mol. The summed E-state index contributed by atoms with van der Waals surface area (Å²) in [7, 11) is 0. The molecule has 1 heterocycles. The highest BCUT2D eigenvalue weighted by Crippen LogP contribution is 2.26. The van der Waals surface area contributed by atoms with Crippen molar-refractivity contribution in [3.8, 4) is 0 Å². The number of amides is 1. The minimum absolute atomic E-state index is 0.0433. The third-order valence-electron chi connectivity index (χ3n) is 2.66. The van der Waals surface area contributed by atoms with E-state index in [9.17, 15) is 22.8 Å². The third-order valence-corrected chi connectivity index (χ3v) is 2.66. The molecular weight excluding hydrogens is 275 g/mol. The summed E-state index contributed by atoms with van der Waals surface area (Å²) in [6, 6.07) is -0.711. The number of hydrogen-bond donors (Lipinski definition) is 0. The number of esters is 1. The molecule has 0 bridgehead atoms. The summed E-state index contributed by atoms with van der Waals surface area (Å²) < 4.78 is 42.2. The number of carbonyl (C=O) groups excluding carboxylic acids is 2. The van der Waals surface area contributed by atoms with Crippen LogP contribution in [0.25, 0.3) is 0 Å². The fourth-order valence-corrected chi connectivity index (χ4v) is 1.93. The van der Waals surface area contributed by atoms with E-state index in [0.717, 1.165) is 11.0 Å². The Morgan fingerprint density at radius 3 is 2.35 bits per heavy atom. The van der Waals surface area contributed by atoms with Gasteiger partial charge in [-0.25, -0.2) is 4.79 Å². The predicted molar refractivity (Wildman–Crippen MR) is 65.8 cm³/mol. The van der Waals surface area contributed by atoms with Crippen molar-refractivity contribution >= 4 is 11.9 Å². The lowest BCUT2D eigenvalue weighted by Gasteiger charge is -2.23. The van der Waals surface area contributed by atoms with Crippen molar-refractivity contribution in [2.24, 2.45) is 0 Å². The molecule has 1 fully saturated rings. The Morgan fingerprint density at radius 2 is 1.85 bits per heavy atom. The first kappa shape index (κ1) is 16.5. The lowest BCUT2D eigenvalue weighted by molar-refractivity contribution is -0.185. The lowest BCUT2D eigenvalue weighted by Crippen LogP contribution is -2.43. The summed E-state index contributed by atoms with van der Waals surface area (Å²) in [5, 5.41) is 0. The van der Waals surface area contributed by atoms with Crippen molar-refractivity contribution < 1.29 is 27.5 Å². The minimum atomic E-state index is -4.89. The molecule has 7 heteroatoms. The molecule has 0 aromatic carbocycles. The molecule has 114 valence electrons. The van der Waals surface area contributed by atoms with E-state index in [1.165, 1.54) is 6.08 Å². The largest absolute Gasteiger partial charge is 0.471 e. The number of ether oxygens (including phenoxy) is 1. The van der Waals surface area contributed by atoms with Crippen molar-refractivity contribution in [2.75, 3.05) is 6.54 Å². The van der Waals surface area contributed by atoms with E-state index in [2.05, 4.69) is 0 Å². The van der Waals surface area contributed by atoms with Gasteiger partial charge in [0, 0.05) is 12.6 Å². The maximum absolute atomic E-state index is 12.4. The van der Waals surface area contributed by atoms with Crippen LogP contribution in [0.15, 0.2) is 12.2 Å². The van der Waals surface area contributed by atoms with Gasteiger partial charge >= 0.3 is 18.1 Å². The van der Waals surface area contributed by atoms with Crippen LogP contribution in [-0.2, 0) is 14.3 Å². The van der Waals surface area contributed by atoms with E-state index in [0.29, 0.717) is 12.8 Å². The lowest BCUT2D eigenvalue weighted by atomic mass is 10.2. The molecule has 0 radical (unpaired) electrons. The fourth-order valence-electron chi connectivity index (χ4n) is 1.93. The van der Waals surface area contributed by atoms with Crippen LogP contribution in [0.5, 0.6) is 0 Å². The maximum atomic E-state index is 12.4. The van der Waals surface area contributed by atoms with Gasteiger partial charge in [-0.3, -0.25) is 4.79 Å². The maximum Gasteiger partial charge on any atom is 0.471 e. The molecule has 1 aliphatic rings. The second kappa shape index (κ2) is 5.85. The number of alkyl halides is 3. The Labute approximate surface area is 115 Å². The quantitative estimate of drug-likeness (QED) is 0.580. The number of halogens is 3. The first-order chi connectivity index (χ1) is 9.00. The van der Waals surface area contributed by atoms with Gasteiger partial charge in [-0.1, -0.05) is 6.08 Å². The molecule has 1 amide bonds. The summed E-state index contributed by atoms with van der Waals surface area (Å²) in [4.78, 5) is 23.4. The SMILES string of the molecule is CC(C)(C)OC(=O)/C=C/[C@@H]1CCCN1C(=O)C(F)(F)F. The van der Waals surface area contributed by atoms with Gasteiger partial charge in [0.15, 0.2) is 0 Å². The topological polar surface area (TPSA) is 46.6 Å². The van der Waals surface area contributed by atoms with Gasteiger partial charge in [-0.2, -0.15) is 13.2 Å². The second-order valence-corrected chi connectivity index (χ2v) is 5.60. The molecule has 0 aliphatic carbocycles. The van der Waals surface area contributed by atoms with E-state index >= 15 is 0 Å². The second-order valence-electron chi connectivity index (χ2n) is 5.60. The van der Waals surface area contributed by atoms with Gasteiger partial charge in [0.25, 0.3) is 0 Å². The van der Waals surface area contributed by atoms with Gasteiger partial charge in [-0.15, -0.1) is 0 Å². The van der Waals surface area contributed by atoms with Crippen molar-refractivity contribution in [3.63, 3.8) is 0 Å². The number of rotatable bonds is 2. The number of hydrogen-bond acceptors (Lipinski definition) is 3. The molecule has 1 aliphatic heterocycles. The smallest absolute Gasteiger partial charge is 0.457 e. The van der Waals surface area contributed by atoms with Crippen LogP contribution in [0, 0.1) is 0 Å². The first-order valence-corrected chi connectivity index (χ1v) is 6.30. The molecule has 0 aromatic rings. The van der Waals surface area contributed by atoms with E-state index in [1.807, 2.05) is 0 Å². The standard InChI is InChI=1S/C13H18F3NO3/c1-12(2,3)20-10(18)7-6-9-5-4-8-17(9)11(19)13(14,15)16/h6-7,9H,4-5,8H2,1-3H3/b7-6+/t9-/m0/s1. The van der Waals surface area contributed by atoms with Crippen molar-refractivity contribution in [3.05, 3.63) is 12.2 Å². The molecule has 1 atom stereocenters. The molecule has 0 saturated carbocycles. The molecular formula is C13H18F3NO3. The van der Waals surface area contributed by atoms with Gasteiger partial charge in [0.1, 0.15) is 5.60 Å². The van der Waals surface area contributed by atoms with Crippen LogP contribution < -0.4 is 0 Å². The van der Waals surface area contributed by atoms with Crippen molar-refractivity contribution in [1.82, 2.24) is 4.90 Å². The zero-order valence-electron chi connectivity index (χ0n) is 11.7. The third kappa shape index (κ3) is 4.86. The number of carbonyl (C=O) groups is 2. The van der Waals surface area contributed by atoms with E-state index in [4.69, 9.17) is 4.74 Å². The van der Waals surface area contributed by atoms with Crippen LogP contribution >= 0.6 is 0 Å². The van der Waals surface area contributed by atoms with E-state index in [-0.39, 0.29) is 6.54 Å². The normalized spacial score (nSPS) is 20.5.